The average Bonchev–Trinajstić information content (AvgIpc) is 3.07. The Morgan fingerprint density at radius 2 is 2.32 bits per heavy atom. The Hall–Kier alpha value is -1.50. The molecule has 1 unspecified atom stereocenters. The van der Waals surface area contributed by atoms with Gasteiger partial charge in [-0.05, 0) is 39.3 Å². The predicted molar refractivity (Wildman–Crippen MR) is 86.9 cm³/mol. The zero-order valence-corrected chi connectivity index (χ0v) is 13.8. The molecule has 3 rings (SSSR count). The molecule has 2 aromatic heterocycles. The van der Waals surface area contributed by atoms with Crippen molar-refractivity contribution in [1.29, 1.82) is 0 Å². The summed E-state index contributed by atoms with van der Waals surface area (Å²) in [6, 6.07) is 1.94. The number of carbonyl (C=O) groups excluding carboxylic acids is 1. The predicted octanol–water partition coefficient (Wildman–Crippen LogP) is 2.19. The number of Topliss-reactive ketones (excluding diaryl/α,β-unsaturated/α-hetero) is 1. The van der Waals surface area contributed by atoms with E-state index < -0.39 is 0 Å². The van der Waals surface area contributed by atoms with E-state index >= 15 is 0 Å². The van der Waals surface area contributed by atoms with Crippen LogP contribution in [0.25, 0.3) is 5.13 Å². The third-order valence-corrected chi connectivity index (χ3v) is 4.95. The SMILES string of the molecule is Cc1cc(C(=O)CN2CCCC(O)C2)c(C)n1-c1nccs1. The molecule has 0 saturated carbocycles. The smallest absolute Gasteiger partial charge is 0.193 e. The molecule has 1 aliphatic heterocycles. The fourth-order valence-electron chi connectivity index (χ4n) is 3.13. The van der Waals surface area contributed by atoms with E-state index in [0.29, 0.717) is 13.1 Å². The fourth-order valence-corrected chi connectivity index (χ4v) is 3.88. The lowest BCUT2D eigenvalue weighted by molar-refractivity contribution is 0.0634. The topological polar surface area (TPSA) is 58.4 Å². The maximum atomic E-state index is 12.6. The Morgan fingerprint density at radius 3 is 3.00 bits per heavy atom. The Bertz CT molecular complexity index is 663. The number of hydrogen-bond acceptors (Lipinski definition) is 5. The van der Waals surface area contributed by atoms with Crippen LogP contribution in [0.15, 0.2) is 17.6 Å². The van der Waals surface area contributed by atoms with Gasteiger partial charge >= 0.3 is 0 Å². The summed E-state index contributed by atoms with van der Waals surface area (Å²) < 4.78 is 2.03. The standard InChI is InChI=1S/C16H21N3O2S/c1-11-8-14(12(2)19(11)16-17-5-7-22-16)15(21)10-18-6-3-4-13(20)9-18/h5,7-8,13,20H,3-4,6,9-10H2,1-2H3. The molecule has 0 amide bonds. The normalized spacial score (nSPS) is 19.5. The number of ketones is 1. The second kappa shape index (κ2) is 6.32. The molecule has 1 N–H and O–H groups in total. The van der Waals surface area contributed by atoms with Crippen molar-refractivity contribution in [2.24, 2.45) is 0 Å². The molecule has 0 spiro atoms. The number of thiazole rings is 1. The Labute approximate surface area is 134 Å². The maximum Gasteiger partial charge on any atom is 0.193 e. The number of piperidine rings is 1. The number of β-amino-alcohol motifs (C(OH)–C–C–N with tert-alkyl or cyclic N) is 1. The summed E-state index contributed by atoms with van der Waals surface area (Å²) >= 11 is 1.56. The monoisotopic (exact) mass is 319 g/mol. The van der Waals surface area contributed by atoms with Gasteiger partial charge in [0.05, 0.1) is 12.6 Å². The summed E-state index contributed by atoms with van der Waals surface area (Å²) in [4.78, 5) is 19.0. The van der Waals surface area contributed by atoms with Gasteiger partial charge in [0.15, 0.2) is 10.9 Å². The number of nitrogens with zero attached hydrogens (tertiary/aromatic N) is 3. The van der Waals surface area contributed by atoms with Crippen molar-refractivity contribution in [1.82, 2.24) is 14.5 Å². The van der Waals surface area contributed by atoms with Gasteiger partial charge in [-0.15, -0.1) is 11.3 Å². The van der Waals surface area contributed by atoms with Crippen LogP contribution < -0.4 is 0 Å². The van der Waals surface area contributed by atoms with Gasteiger partial charge in [0.2, 0.25) is 0 Å². The molecule has 3 heterocycles. The third kappa shape index (κ3) is 2.99. The Morgan fingerprint density at radius 1 is 1.50 bits per heavy atom. The van der Waals surface area contributed by atoms with Gasteiger partial charge in [-0.25, -0.2) is 4.98 Å². The second-order valence-electron chi connectivity index (χ2n) is 5.89. The summed E-state index contributed by atoms with van der Waals surface area (Å²) in [6.07, 6.45) is 3.26. The van der Waals surface area contributed by atoms with Crippen LogP contribution in [0.1, 0.15) is 34.6 Å². The van der Waals surface area contributed by atoms with Crippen LogP contribution in [0.2, 0.25) is 0 Å². The van der Waals surface area contributed by atoms with E-state index in [1.807, 2.05) is 34.8 Å². The number of aliphatic hydroxyl groups excluding tert-OH is 1. The van der Waals surface area contributed by atoms with Gasteiger partial charge in [-0.2, -0.15) is 0 Å². The number of hydrogen-bond donors (Lipinski definition) is 1. The molecule has 0 radical (unpaired) electrons. The zero-order valence-electron chi connectivity index (χ0n) is 13.0. The zero-order chi connectivity index (χ0) is 15.7. The molecule has 1 fully saturated rings. The van der Waals surface area contributed by atoms with Gasteiger partial charge in [0.25, 0.3) is 0 Å². The largest absolute Gasteiger partial charge is 0.392 e. The van der Waals surface area contributed by atoms with E-state index in [1.54, 1.807) is 17.5 Å². The van der Waals surface area contributed by atoms with E-state index in [2.05, 4.69) is 4.98 Å². The lowest BCUT2D eigenvalue weighted by Crippen LogP contribution is -2.41. The van der Waals surface area contributed by atoms with Crippen molar-refractivity contribution in [3.05, 3.63) is 34.6 Å². The number of aromatic nitrogens is 2. The van der Waals surface area contributed by atoms with Gasteiger partial charge in [-0.3, -0.25) is 14.3 Å². The van der Waals surface area contributed by atoms with Crippen molar-refractivity contribution in [2.45, 2.75) is 32.8 Å². The van der Waals surface area contributed by atoms with Crippen LogP contribution in [0, 0.1) is 13.8 Å². The number of aliphatic hydroxyl groups is 1. The quantitative estimate of drug-likeness (QED) is 0.878. The minimum atomic E-state index is -0.302. The molecular formula is C16H21N3O2S. The molecule has 118 valence electrons. The molecule has 5 nitrogen and oxygen atoms in total. The molecule has 0 aliphatic carbocycles. The van der Waals surface area contributed by atoms with Crippen LogP contribution in [0.4, 0.5) is 0 Å². The number of aryl methyl sites for hydroxylation is 1. The molecule has 22 heavy (non-hydrogen) atoms. The van der Waals surface area contributed by atoms with Crippen LogP contribution >= 0.6 is 11.3 Å². The van der Waals surface area contributed by atoms with E-state index in [-0.39, 0.29) is 11.9 Å². The molecule has 1 atom stereocenters. The summed E-state index contributed by atoms with van der Waals surface area (Å²) in [5.74, 6) is 0.116. The van der Waals surface area contributed by atoms with E-state index in [4.69, 9.17) is 0 Å². The Kier molecular flexibility index (Phi) is 4.42. The van der Waals surface area contributed by atoms with Gasteiger partial charge in [0, 0.05) is 35.1 Å². The molecule has 0 bridgehead atoms. The average molecular weight is 319 g/mol. The van der Waals surface area contributed by atoms with Crippen LogP contribution in [0.3, 0.4) is 0 Å². The van der Waals surface area contributed by atoms with Crippen LogP contribution in [-0.2, 0) is 0 Å². The summed E-state index contributed by atoms with van der Waals surface area (Å²) in [5, 5.41) is 12.6. The molecule has 1 saturated heterocycles. The molecule has 1 aliphatic rings. The van der Waals surface area contributed by atoms with Gasteiger partial charge < -0.3 is 5.11 Å². The molecule has 6 heteroatoms. The highest BCUT2D eigenvalue weighted by Gasteiger charge is 2.23. The highest BCUT2D eigenvalue weighted by molar-refractivity contribution is 7.12. The first kappa shape index (κ1) is 15.4. The number of carbonyl (C=O) groups is 1. The first-order valence-corrected chi connectivity index (χ1v) is 8.46. The van der Waals surface area contributed by atoms with Gasteiger partial charge in [-0.1, -0.05) is 0 Å². The summed E-state index contributed by atoms with van der Waals surface area (Å²) in [5.41, 5.74) is 2.72. The van der Waals surface area contributed by atoms with E-state index in [1.165, 1.54) is 0 Å². The minimum Gasteiger partial charge on any atom is -0.392 e. The first-order chi connectivity index (χ1) is 10.6. The number of rotatable bonds is 4. The molecular weight excluding hydrogens is 298 g/mol. The highest BCUT2D eigenvalue weighted by atomic mass is 32.1. The van der Waals surface area contributed by atoms with Crippen molar-refractivity contribution in [3.63, 3.8) is 0 Å². The Balaban J connectivity index is 1.80. The van der Waals surface area contributed by atoms with E-state index in [9.17, 15) is 9.90 Å². The first-order valence-electron chi connectivity index (χ1n) is 7.58. The minimum absolute atomic E-state index is 0.116. The number of likely N-dealkylation sites (tertiary alicyclic amines) is 1. The second-order valence-corrected chi connectivity index (χ2v) is 6.76. The van der Waals surface area contributed by atoms with Crippen molar-refractivity contribution >= 4 is 17.1 Å². The third-order valence-electron chi connectivity index (χ3n) is 4.19. The van der Waals surface area contributed by atoms with E-state index in [0.717, 1.165) is 41.5 Å². The lowest BCUT2D eigenvalue weighted by atomic mass is 10.1. The maximum absolute atomic E-state index is 12.6. The van der Waals surface area contributed by atoms with Gasteiger partial charge in [0.1, 0.15) is 0 Å². The van der Waals surface area contributed by atoms with Crippen molar-refractivity contribution < 1.29 is 9.90 Å². The fraction of sp³-hybridized carbons (Fsp3) is 0.500. The summed E-state index contributed by atoms with van der Waals surface area (Å²) in [6.45, 7) is 5.81. The highest BCUT2D eigenvalue weighted by Crippen LogP contribution is 2.23. The lowest BCUT2D eigenvalue weighted by Gasteiger charge is -2.29. The van der Waals surface area contributed by atoms with Crippen molar-refractivity contribution in [2.75, 3.05) is 19.6 Å². The van der Waals surface area contributed by atoms with Crippen molar-refractivity contribution in [3.8, 4) is 5.13 Å². The van der Waals surface area contributed by atoms with Crippen LogP contribution in [0.5, 0.6) is 0 Å². The molecule has 0 aromatic carbocycles. The molecule has 2 aromatic rings. The van der Waals surface area contributed by atoms with Crippen LogP contribution in [-0.4, -0.2) is 51.1 Å². The summed E-state index contributed by atoms with van der Waals surface area (Å²) in [7, 11) is 0.